The van der Waals surface area contributed by atoms with Crippen molar-refractivity contribution in [2.75, 3.05) is 0 Å². The Kier molecular flexibility index (Phi) is 2.68. The quantitative estimate of drug-likeness (QED) is 0.451. The van der Waals surface area contributed by atoms with Crippen molar-refractivity contribution < 1.29 is 9.84 Å². The molecule has 0 bridgehead atoms. The molecule has 0 saturated heterocycles. The second kappa shape index (κ2) is 3.06. The normalized spacial score (nSPS) is 12.4. The first-order chi connectivity index (χ1) is 4.45. The second-order valence-corrected chi connectivity index (χ2v) is 2.80. The molecule has 0 amide bonds. The first-order valence-electron chi connectivity index (χ1n) is 2.88. The zero-order valence-electron chi connectivity index (χ0n) is 6.33. The van der Waals surface area contributed by atoms with Gasteiger partial charge in [0.25, 0.3) is 0 Å². The summed E-state index contributed by atoms with van der Waals surface area (Å²) in [5.41, 5.74) is -0.467. The molecule has 0 spiro atoms. The van der Waals surface area contributed by atoms with Gasteiger partial charge in [-0.2, -0.15) is 0 Å². The minimum Gasteiger partial charge on any atom is -0.476 e. The molecule has 0 aromatic heterocycles. The monoisotopic (exact) mass is 143 g/mol. The van der Waals surface area contributed by atoms with Crippen LogP contribution in [-0.4, -0.2) is 10.7 Å². The van der Waals surface area contributed by atoms with Gasteiger partial charge in [-0.15, -0.1) is 0 Å². The summed E-state index contributed by atoms with van der Waals surface area (Å²) in [6.07, 6.45) is 0.825. The Morgan fingerprint density at radius 2 is 2.10 bits per heavy atom. The summed E-state index contributed by atoms with van der Waals surface area (Å²) in [5.74, 6) is -0.394. The molecular weight excluding hydrogens is 132 g/mol. The molecule has 0 fully saturated rings. The molecular formula is C6H11N2O2+. The largest absolute Gasteiger partial charge is 0.476 e. The maximum atomic E-state index is 8.77. The first-order valence-corrected chi connectivity index (χ1v) is 2.88. The van der Waals surface area contributed by atoms with E-state index in [4.69, 9.17) is 15.2 Å². The molecule has 0 unspecified atom stereocenters. The van der Waals surface area contributed by atoms with Gasteiger partial charge in [0.15, 0.2) is 4.98 Å². The van der Waals surface area contributed by atoms with Crippen LogP contribution in [0.5, 0.6) is 0 Å². The molecule has 4 nitrogen and oxygen atoms in total. The van der Waals surface area contributed by atoms with Gasteiger partial charge in [0.1, 0.15) is 5.60 Å². The van der Waals surface area contributed by atoms with Crippen molar-refractivity contribution in [1.82, 2.24) is 0 Å². The van der Waals surface area contributed by atoms with Crippen molar-refractivity contribution in [2.24, 2.45) is 0 Å². The molecule has 0 aliphatic carbocycles. The average molecular weight is 143 g/mol. The number of aliphatic hydroxyl groups is 1. The molecule has 0 heterocycles. The number of aliphatic hydroxyl groups excluding tert-OH is 1. The van der Waals surface area contributed by atoms with Crippen molar-refractivity contribution in [3.63, 3.8) is 0 Å². The van der Waals surface area contributed by atoms with Gasteiger partial charge in [-0.25, -0.2) is 0 Å². The summed E-state index contributed by atoms with van der Waals surface area (Å²) >= 11 is 0. The minimum absolute atomic E-state index is 0.394. The predicted octanol–water partition coefficient (Wildman–Crippen LogP) is 2.01. The van der Waals surface area contributed by atoms with Crippen LogP contribution in [0.25, 0.3) is 4.98 Å². The fourth-order valence-electron chi connectivity index (χ4n) is 0.389. The molecule has 56 valence electrons. The first kappa shape index (κ1) is 8.76. The number of nitrogens with zero attached hydrogens (tertiary/aromatic N) is 2. The number of ether oxygens (including phenoxy) is 1. The fourth-order valence-corrected chi connectivity index (χ4v) is 0.389. The molecule has 0 atom stereocenters. The smallest absolute Gasteiger partial charge is 0.429 e. The molecule has 0 aliphatic heterocycles. The van der Waals surface area contributed by atoms with Crippen LogP contribution in [0.15, 0.2) is 12.1 Å². The highest BCUT2D eigenvalue weighted by molar-refractivity contribution is 4.89. The lowest BCUT2D eigenvalue weighted by Gasteiger charge is -2.17. The third-order valence-corrected chi connectivity index (χ3v) is 0.579. The van der Waals surface area contributed by atoms with E-state index >= 15 is 0 Å². The third kappa shape index (κ3) is 4.91. The van der Waals surface area contributed by atoms with E-state index in [1.807, 2.05) is 0 Å². The van der Waals surface area contributed by atoms with Crippen LogP contribution in [-0.2, 0) is 4.74 Å². The lowest BCUT2D eigenvalue weighted by molar-refractivity contribution is -0.0143. The van der Waals surface area contributed by atoms with Gasteiger partial charge in [0, 0.05) is 0 Å². The summed E-state index contributed by atoms with van der Waals surface area (Å²) in [4.78, 5) is 2.58. The topological polar surface area (TPSA) is 57.6 Å². The van der Waals surface area contributed by atoms with E-state index in [9.17, 15) is 0 Å². The lowest BCUT2D eigenvalue weighted by atomic mass is 10.2. The summed E-state index contributed by atoms with van der Waals surface area (Å²) < 4.78 is 4.84. The molecule has 0 rings (SSSR count). The molecule has 10 heavy (non-hydrogen) atoms. The summed E-state index contributed by atoms with van der Waals surface area (Å²) in [6.45, 7) is 5.32. The van der Waals surface area contributed by atoms with Gasteiger partial charge >= 0.3 is 12.1 Å². The zero-order chi connectivity index (χ0) is 8.20. The summed E-state index contributed by atoms with van der Waals surface area (Å²) in [6, 6.07) is 0. The second-order valence-electron chi connectivity index (χ2n) is 2.80. The summed E-state index contributed by atoms with van der Waals surface area (Å²) in [5, 5.41) is 16.7. The van der Waals surface area contributed by atoms with Gasteiger partial charge in [-0.1, -0.05) is 0 Å². The molecule has 0 aliphatic rings. The SMILES string of the molecule is CC(C)(C)OC(O)=C[N+]#N. The Bertz CT molecular complexity index is 173. The van der Waals surface area contributed by atoms with Gasteiger partial charge in [0.2, 0.25) is 5.39 Å². The number of diazo groups is 1. The maximum absolute atomic E-state index is 8.77. The number of rotatable bonds is 1. The van der Waals surface area contributed by atoms with Gasteiger partial charge in [0.05, 0.1) is 0 Å². The Morgan fingerprint density at radius 1 is 1.60 bits per heavy atom. The van der Waals surface area contributed by atoms with Crippen LogP contribution < -0.4 is 0 Å². The van der Waals surface area contributed by atoms with E-state index in [2.05, 4.69) is 4.98 Å². The van der Waals surface area contributed by atoms with Crippen molar-refractivity contribution in [1.29, 1.82) is 5.39 Å². The van der Waals surface area contributed by atoms with Crippen molar-refractivity contribution in [3.8, 4) is 0 Å². The molecule has 4 heteroatoms. The molecule has 0 saturated carbocycles. The van der Waals surface area contributed by atoms with Crippen molar-refractivity contribution >= 4 is 0 Å². The van der Waals surface area contributed by atoms with Crippen LogP contribution in [0.3, 0.4) is 0 Å². The highest BCUT2D eigenvalue weighted by atomic mass is 16.6. The third-order valence-electron chi connectivity index (χ3n) is 0.579. The molecule has 0 radical (unpaired) electrons. The molecule has 1 N–H and O–H groups in total. The summed E-state index contributed by atoms with van der Waals surface area (Å²) in [7, 11) is 0. The molecule has 0 aromatic carbocycles. The number of hydrogen-bond acceptors (Lipinski definition) is 3. The zero-order valence-corrected chi connectivity index (χ0v) is 6.33. The van der Waals surface area contributed by atoms with E-state index in [0.717, 1.165) is 6.20 Å². The maximum Gasteiger partial charge on any atom is 0.429 e. The van der Waals surface area contributed by atoms with Crippen molar-refractivity contribution in [3.05, 3.63) is 17.1 Å². The van der Waals surface area contributed by atoms with E-state index in [1.54, 1.807) is 20.8 Å². The fraction of sp³-hybridized carbons (Fsp3) is 0.667. The highest BCUT2D eigenvalue weighted by Crippen LogP contribution is 2.10. The van der Waals surface area contributed by atoms with E-state index in [0.29, 0.717) is 0 Å². The van der Waals surface area contributed by atoms with Crippen LogP contribution in [0.2, 0.25) is 0 Å². The average Bonchev–Trinajstić information content (AvgIpc) is 1.59. The highest BCUT2D eigenvalue weighted by Gasteiger charge is 2.14. The van der Waals surface area contributed by atoms with Crippen LogP contribution in [0.1, 0.15) is 20.8 Å². The van der Waals surface area contributed by atoms with Gasteiger partial charge in [-0.3, -0.25) is 0 Å². The predicted molar refractivity (Wildman–Crippen MR) is 36.6 cm³/mol. The Balaban J connectivity index is 3.95. The lowest BCUT2D eigenvalue weighted by Crippen LogP contribution is -2.18. The minimum atomic E-state index is -0.467. The Hall–Kier alpha value is -1.24. The standard InChI is InChI=1S/C6H10N2O2/c1-6(2,3)10-5(9)4-8-7/h4H,1-3H3/p+1. The molecule has 0 aromatic rings. The van der Waals surface area contributed by atoms with Crippen molar-refractivity contribution in [2.45, 2.75) is 26.4 Å². The van der Waals surface area contributed by atoms with Crippen LogP contribution in [0.4, 0.5) is 0 Å². The van der Waals surface area contributed by atoms with Gasteiger partial charge < -0.3 is 9.84 Å². The van der Waals surface area contributed by atoms with Crippen LogP contribution >= 0.6 is 0 Å². The van der Waals surface area contributed by atoms with Gasteiger partial charge in [-0.05, 0) is 20.8 Å². The van der Waals surface area contributed by atoms with E-state index in [1.165, 1.54) is 0 Å². The Labute approximate surface area is 59.7 Å². The Morgan fingerprint density at radius 3 is 2.40 bits per heavy atom. The van der Waals surface area contributed by atoms with E-state index < -0.39 is 11.5 Å². The van der Waals surface area contributed by atoms with Crippen LogP contribution in [0, 0.1) is 5.39 Å². The van der Waals surface area contributed by atoms with E-state index in [-0.39, 0.29) is 0 Å². The number of hydrogen-bond donors (Lipinski definition) is 1.